The summed E-state index contributed by atoms with van der Waals surface area (Å²) in [6, 6.07) is 0. The van der Waals surface area contributed by atoms with Crippen LogP contribution in [0.25, 0.3) is 22.3 Å². The number of ether oxygens (including phenoxy) is 2. The largest absolute Gasteiger partial charge is 0.387 e. The number of anilines is 2. The molecule has 4 aromatic rings. The predicted octanol–water partition coefficient (Wildman–Crippen LogP) is -3.06. The van der Waals surface area contributed by atoms with Crippen molar-refractivity contribution in [2.75, 3.05) is 24.7 Å². The summed E-state index contributed by atoms with van der Waals surface area (Å²) in [4.78, 5) is 35.1. The number of H-pyrrole nitrogens is 1. The van der Waals surface area contributed by atoms with Gasteiger partial charge in [-0.25, -0.2) is 19.9 Å². The molecular weight excluding hydrogens is 640 g/mol. The van der Waals surface area contributed by atoms with Crippen LogP contribution in [-0.4, -0.2) is 114 Å². The second kappa shape index (κ2) is 10.9. The maximum atomic E-state index is 13.7. The third-order valence-corrected chi connectivity index (χ3v) is 10.1. The fraction of sp³-hybridized carbons (Fsp3) is 0.500. The molecule has 10 atom stereocenters. The molecule has 0 aromatic carbocycles. The van der Waals surface area contributed by atoms with Crippen molar-refractivity contribution >= 4 is 64.2 Å². The summed E-state index contributed by atoms with van der Waals surface area (Å²) in [6.45, 7) is -0.960. The number of aliphatic hydroxyl groups is 2. The lowest BCUT2D eigenvalue weighted by Crippen LogP contribution is -2.36. The highest BCUT2D eigenvalue weighted by atomic mass is 31.2. The van der Waals surface area contributed by atoms with E-state index in [1.54, 1.807) is 0 Å². The lowest BCUT2D eigenvalue weighted by Gasteiger charge is -2.27. The van der Waals surface area contributed by atoms with Crippen molar-refractivity contribution in [3.63, 3.8) is 0 Å². The lowest BCUT2D eigenvalue weighted by molar-refractivity contribution is -0.0578. The van der Waals surface area contributed by atoms with Crippen molar-refractivity contribution in [1.82, 2.24) is 39.0 Å². The number of nitrogen functional groups attached to an aromatic ring is 2. The first-order valence-corrected chi connectivity index (χ1v) is 17.4. The molecule has 7 rings (SSSR count). The highest BCUT2D eigenvalue weighted by Crippen LogP contribution is 2.53. The second-order valence-corrected chi connectivity index (χ2v) is 14.8. The topological polar surface area (TPSA) is 289 Å². The number of nitrogens with zero attached hydrogens (tertiary/aromatic N) is 7. The molecule has 25 heteroatoms. The molecule has 0 saturated carbocycles. The highest BCUT2D eigenvalue weighted by Gasteiger charge is 2.52. The molecule has 0 aliphatic carbocycles. The average Bonchev–Trinajstić information content (AvgIpc) is 3.72. The number of fused-ring (bicyclic) bond motifs is 5. The van der Waals surface area contributed by atoms with Gasteiger partial charge in [-0.2, -0.15) is 4.98 Å². The number of aromatic amines is 1. The zero-order valence-corrected chi connectivity index (χ0v) is 25.3. The quantitative estimate of drug-likeness (QED) is 0.105. The second-order valence-electron chi connectivity index (χ2n) is 10.7. The third-order valence-electron chi connectivity index (χ3n) is 7.58. The molecule has 3 saturated heterocycles. The van der Waals surface area contributed by atoms with Crippen LogP contribution in [0, 0.1) is 0 Å². The van der Waals surface area contributed by atoms with Gasteiger partial charge in [-0.15, -0.1) is 0 Å². The Morgan fingerprint density at radius 1 is 0.844 bits per heavy atom. The number of hydrogen-bond donors (Lipinski definition) is 5. The predicted molar refractivity (Wildman–Crippen MR) is 156 cm³/mol. The Morgan fingerprint density at radius 2 is 1.47 bits per heavy atom. The Labute approximate surface area is 253 Å². The van der Waals surface area contributed by atoms with E-state index in [0.717, 1.165) is 0 Å². The highest BCUT2D eigenvalue weighted by molar-refractivity contribution is 7.79. The van der Waals surface area contributed by atoms with Gasteiger partial charge in [-0.1, -0.05) is 0 Å². The molecule has 3 aliphatic heterocycles. The first kappa shape index (κ1) is 30.4. The summed E-state index contributed by atoms with van der Waals surface area (Å²) in [6.07, 6.45) is -6.66. The Hall–Kier alpha value is -3.23. The van der Waals surface area contributed by atoms with Crippen LogP contribution >= 0.6 is 14.9 Å². The molecule has 238 valence electrons. The van der Waals surface area contributed by atoms with Crippen LogP contribution in [0.15, 0.2) is 23.8 Å². The van der Waals surface area contributed by atoms with E-state index in [9.17, 15) is 24.1 Å². The molecule has 8 unspecified atom stereocenters. The van der Waals surface area contributed by atoms with Crippen molar-refractivity contribution in [3.05, 3.63) is 29.3 Å². The average molecular weight is 666 g/mol. The molecule has 7 heterocycles. The van der Waals surface area contributed by atoms with Gasteiger partial charge in [-0.05, 0) is 0 Å². The van der Waals surface area contributed by atoms with Crippen LogP contribution in [0.2, 0.25) is 0 Å². The molecule has 3 aliphatic rings. The van der Waals surface area contributed by atoms with Crippen molar-refractivity contribution < 1.29 is 46.9 Å². The van der Waals surface area contributed by atoms with Crippen LogP contribution in [0.1, 0.15) is 12.5 Å². The zero-order chi connectivity index (χ0) is 31.8. The first-order chi connectivity index (χ1) is 21.3. The van der Waals surface area contributed by atoms with E-state index in [0.29, 0.717) is 0 Å². The third kappa shape index (κ3) is 5.38. The van der Waals surface area contributed by atoms with Crippen LogP contribution in [-0.2, 0) is 36.7 Å². The van der Waals surface area contributed by atoms with Crippen LogP contribution in [0.3, 0.4) is 0 Å². The van der Waals surface area contributed by atoms with Gasteiger partial charge in [-0.3, -0.25) is 28.0 Å². The molecule has 0 amide bonds. The molecular formula is C20H26B2N10O11P2. The van der Waals surface area contributed by atoms with Gasteiger partial charge in [0.05, 0.1) is 25.9 Å². The molecule has 3 fully saturated rings. The van der Waals surface area contributed by atoms with Crippen molar-refractivity contribution in [3.8, 4) is 0 Å². The van der Waals surface area contributed by atoms with Crippen LogP contribution in [0.5, 0.6) is 0 Å². The number of hydrogen-bond acceptors (Lipinski definition) is 18. The fourth-order valence-electron chi connectivity index (χ4n) is 5.51. The minimum atomic E-state index is -4.05. The van der Waals surface area contributed by atoms with Gasteiger partial charge in [0.2, 0.25) is 5.95 Å². The van der Waals surface area contributed by atoms with E-state index < -0.39 is 82.8 Å². The van der Waals surface area contributed by atoms with Crippen molar-refractivity contribution in [2.45, 2.75) is 49.1 Å². The van der Waals surface area contributed by atoms with Gasteiger partial charge >= 0.3 is 0 Å². The lowest BCUT2D eigenvalue weighted by atomic mass is 10.1. The number of aromatic nitrogens is 8. The Bertz CT molecular complexity index is 1940. The van der Waals surface area contributed by atoms with E-state index in [4.69, 9.17) is 39.0 Å². The molecule has 0 spiro atoms. The summed E-state index contributed by atoms with van der Waals surface area (Å²) < 4.78 is 64.9. The van der Waals surface area contributed by atoms with Gasteiger partial charge < -0.3 is 49.2 Å². The minimum Gasteiger partial charge on any atom is -0.387 e. The van der Waals surface area contributed by atoms with E-state index in [1.807, 2.05) is 0 Å². The van der Waals surface area contributed by atoms with Gasteiger partial charge in [0.25, 0.3) is 35.6 Å². The number of rotatable bonds is 2. The van der Waals surface area contributed by atoms with Crippen molar-refractivity contribution in [1.29, 1.82) is 0 Å². The Kier molecular flexibility index (Phi) is 7.40. The van der Waals surface area contributed by atoms with E-state index in [1.165, 1.54) is 43.2 Å². The molecule has 21 nitrogen and oxygen atoms in total. The molecule has 4 aromatic heterocycles. The van der Waals surface area contributed by atoms with Gasteiger partial charge in [0.15, 0.2) is 35.1 Å². The number of nitrogens with two attached hydrogens (primary N) is 2. The minimum absolute atomic E-state index is 0.00219. The monoisotopic (exact) mass is 666 g/mol. The summed E-state index contributed by atoms with van der Waals surface area (Å²) in [5.41, 5.74) is 11.4. The van der Waals surface area contributed by atoms with E-state index >= 15 is 0 Å². The maximum absolute atomic E-state index is 13.7. The van der Waals surface area contributed by atoms with Crippen LogP contribution in [0.4, 0.5) is 11.8 Å². The summed E-state index contributed by atoms with van der Waals surface area (Å²) >= 11 is 0. The molecule has 7 N–H and O–H groups in total. The maximum Gasteiger partial charge on any atom is 0.280 e. The summed E-state index contributed by atoms with van der Waals surface area (Å²) in [7, 11) is -5.72. The smallest absolute Gasteiger partial charge is 0.280 e. The molecule has 45 heavy (non-hydrogen) atoms. The van der Waals surface area contributed by atoms with E-state index in [2.05, 4.69) is 29.9 Å². The number of imidazole rings is 2. The van der Waals surface area contributed by atoms with Crippen LogP contribution < -0.4 is 17.0 Å². The van der Waals surface area contributed by atoms with E-state index in [-0.39, 0.29) is 34.1 Å². The van der Waals surface area contributed by atoms with Gasteiger partial charge in [0, 0.05) is 0 Å². The molecule has 0 radical (unpaired) electrons. The Morgan fingerprint density at radius 3 is 2.20 bits per heavy atom. The Balaban J connectivity index is 1.21. The zero-order valence-electron chi connectivity index (χ0n) is 23.5. The standard InChI is InChI=1S/C20H26B2N10O11P2/c21-44(36)38-1-6-10(33)13(19(40-6)32-5-28-9-16(32)29-20(24)30-17(9)35)43-45(22,37)39-2-7-12(42-44)11(34)18(41-7)31-4-27-8-14(23)25-3-26-15(8)31/h3-7,10-13,18-19,33-34H,1-2,21-22H2,(H2,23,25,26)(H3,24,29,30,35)/t6?,7?,10?,11?,12?,13?,18?,19?,44-,45-/m1/s1. The normalized spacial score (nSPS) is 37.6. The SMILES string of the molecule is B[P@@]1(=O)OCC2OC(n3cnc4c(=O)[nH]c(N)nc43)C(O[P@](B)(=O)OCC3OC(n4cnc5c(N)ncnc54)C(O)C3O1)C2O. The number of nitrogens with one attached hydrogen (secondary N) is 1. The number of aliphatic hydroxyl groups excluding tert-OH is 2. The molecule has 2 bridgehead atoms. The fourth-order valence-corrected chi connectivity index (χ4v) is 7.84. The van der Waals surface area contributed by atoms with Gasteiger partial charge in [0.1, 0.15) is 48.5 Å². The summed E-state index contributed by atoms with van der Waals surface area (Å²) in [5.74, 6) is -0.0944. The van der Waals surface area contributed by atoms with Crippen molar-refractivity contribution in [2.24, 2.45) is 0 Å². The first-order valence-electron chi connectivity index (χ1n) is 13.5. The summed E-state index contributed by atoms with van der Waals surface area (Å²) in [5, 5.41) is 22.5.